The van der Waals surface area contributed by atoms with Crippen LogP contribution in [0.1, 0.15) is 23.2 Å². The highest BCUT2D eigenvalue weighted by Crippen LogP contribution is 2.34. The lowest BCUT2D eigenvalue weighted by atomic mass is 9.95. The Bertz CT molecular complexity index is 671. The Morgan fingerprint density at radius 2 is 2.00 bits per heavy atom. The molecule has 1 heterocycles. The first kappa shape index (κ1) is 17.6. The van der Waals surface area contributed by atoms with Crippen molar-refractivity contribution in [2.45, 2.75) is 12.8 Å². The van der Waals surface area contributed by atoms with E-state index in [0.717, 1.165) is 19.2 Å². The van der Waals surface area contributed by atoms with Crippen LogP contribution in [0.25, 0.3) is 0 Å². The number of hydrogen-bond acceptors (Lipinski definition) is 6. The van der Waals surface area contributed by atoms with E-state index in [9.17, 15) is 24.1 Å². The Hall–Kier alpha value is -2.71. The number of hydrogen-bond donors (Lipinski definition) is 1. The molecule has 9 heteroatoms. The molecule has 0 radical (unpaired) electrons. The molecule has 0 unspecified atom stereocenters. The maximum atomic E-state index is 14.1. The Morgan fingerprint density at radius 3 is 2.50 bits per heavy atom. The zero-order valence-electron chi connectivity index (χ0n) is 13.4. The first-order valence-electron chi connectivity index (χ1n) is 7.41. The van der Waals surface area contributed by atoms with Gasteiger partial charge in [-0.3, -0.25) is 14.9 Å². The minimum atomic E-state index is -0.972. The van der Waals surface area contributed by atoms with Crippen molar-refractivity contribution >= 4 is 23.3 Å². The van der Waals surface area contributed by atoms with Crippen molar-refractivity contribution < 1.29 is 23.6 Å². The zero-order valence-corrected chi connectivity index (χ0v) is 13.4. The third kappa shape index (κ3) is 3.44. The Balaban J connectivity index is 2.30. The lowest BCUT2D eigenvalue weighted by Gasteiger charge is -2.32. The molecule has 0 bridgehead atoms. The maximum absolute atomic E-state index is 14.1. The number of anilines is 1. The van der Waals surface area contributed by atoms with Crippen LogP contribution in [0.5, 0.6) is 0 Å². The summed E-state index contributed by atoms with van der Waals surface area (Å²) in [5.74, 6) is -2.09. The second-order valence-electron chi connectivity index (χ2n) is 5.45. The van der Waals surface area contributed by atoms with Gasteiger partial charge in [0.15, 0.2) is 0 Å². The van der Waals surface area contributed by atoms with Gasteiger partial charge in [0.05, 0.1) is 12.0 Å². The summed E-state index contributed by atoms with van der Waals surface area (Å²) in [7, 11) is 2.63. The van der Waals surface area contributed by atoms with E-state index in [1.54, 1.807) is 11.9 Å². The molecule has 1 amide bonds. The number of carbonyl (C=O) groups is 2. The van der Waals surface area contributed by atoms with Gasteiger partial charge in [0.25, 0.3) is 5.69 Å². The lowest BCUT2D eigenvalue weighted by molar-refractivity contribution is -0.384. The van der Waals surface area contributed by atoms with Crippen LogP contribution in [-0.2, 0) is 9.53 Å². The van der Waals surface area contributed by atoms with Crippen molar-refractivity contribution in [2.24, 2.45) is 5.92 Å². The molecule has 0 saturated carbocycles. The summed E-state index contributed by atoms with van der Waals surface area (Å²) < 4.78 is 18.6. The van der Waals surface area contributed by atoms with Gasteiger partial charge in [-0.05, 0) is 12.8 Å². The predicted molar refractivity (Wildman–Crippen MR) is 83.4 cm³/mol. The molecule has 1 aromatic rings. The van der Waals surface area contributed by atoms with Gasteiger partial charge in [0.1, 0.15) is 17.1 Å². The summed E-state index contributed by atoms with van der Waals surface area (Å²) in [4.78, 5) is 35.4. The predicted octanol–water partition coefficient (Wildman–Crippen LogP) is 1.48. The highest BCUT2D eigenvalue weighted by Gasteiger charge is 2.30. The van der Waals surface area contributed by atoms with Crippen LogP contribution in [0.3, 0.4) is 0 Å². The second-order valence-corrected chi connectivity index (χ2v) is 5.45. The molecule has 0 aromatic heterocycles. The van der Waals surface area contributed by atoms with E-state index >= 15 is 0 Å². The Morgan fingerprint density at radius 1 is 1.38 bits per heavy atom. The van der Waals surface area contributed by atoms with Crippen molar-refractivity contribution in [2.75, 3.05) is 32.1 Å². The van der Waals surface area contributed by atoms with Gasteiger partial charge in [-0.15, -0.1) is 0 Å². The van der Waals surface area contributed by atoms with Gasteiger partial charge in [-0.25, -0.2) is 9.18 Å². The van der Waals surface area contributed by atoms with Crippen LogP contribution in [0.15, 0.2) is 12.1 Å². The third-order valence-corrected chi connectivity index (χ3v) is 4.12. The molecule has 24 heavy (non-hydrogen) atoms. The minimum Gasteiger partial charge on any atom is -0.465 e. The number of rotatable bonds is 4. The van der Waals surface area contributed by atoms with Crippen LogP contribution in [0.4, 0.5) is 15.8 Å². The first-order chi connectivity index (χ1) is 11.4. The lowest BCUT2D eigenvalue weighted by Crippen LogP contribution is -2.39. The number of nitrogens with zero attached hydrogens (tertiary/aromatic N) is 2. The minimum absolute atomic E-state index is 0.0728. The largest absolute Gasteiger partial charge is 0.465 e. The number of benzene rings is 1. The van der Waals surface area contributed by atoms with Crippen molar-refractivity contribution in [1.82, 2.24) is 5.32 Å². The summed E-state index contributed by atoms with van der Waals surface area (Å²) in [6.45, 7) is 0.770. The van der Waals surface area contributed by atoms with E-state index in [-0.39, 0.29) is 23.2 Å². The molecule has 130 valence electrons. The number of halogens is 1. The van der Waals surface area contributed by atoms with E-state index in [1.807, 2.05) is 0 Å². The van der Waals surface area contributed by atoms with E-state index in [0.29, 0.717) is 25.9 Å². The van der Waals surface area contributed by atoms with Crippen molar-refractivity contribution in [3.05, 3.63) is 33.6 Å². The van der Waals surface area contributed by atoms with Crippen LogP contribution in [-0.4, -0.2) is 44.0 Å². The number of nitrogens with one attached hydrogen (secondary N) is 1. The van der Waals surface area contributed by atoms with E-state index in [4.69, 9.17) is 0 Å². The number of nitro benzene ring substituents is 1. The number of piperidine rings is 1. The average molecular weight is 339 g/mol. The van der Waals surface area contributed by atoms with Crippen molar-refractivity contribution in [3.63, 3.8) is 0 Å². The molecule has 1 N–H and O–H groups in total. The summed E-state index contributed by atoms with van der Waals surface area (Å²) in [5, 5.41) is 13.9. The summed E-state index contributed by atoms with van der Waals surface area (Å²) in [5.41, 5.74) is -0.746. The molecule has 1 aliphatic heterocycles. The fourth-order valence-corrected chi connectivity index (χ4v) is 2.80. The van der Waals surface area contributed by atoms with E-state index in [2.05, 4.69) is 10.1 Å². The highest BCUT2D eigenvalue weighted by atomic mass is 19.1. The normalized spacial score (nSPS) is 15.0. The molecule has 0 aliphatic carbocycles. The van der Waals surface area contributed by atoms with Crippen molar-refractivity contribution in [3.8, 4) is 0 Å². The summed E-state index contributed by atoms with van der Waals surface area (Å²) in [6, 6.07) is 1.87. The smallest absolute Gasteiger partial charge is 0.341 e. The number of nitro groups is 1. The maximum Gasteiger partial charge on any atom is 0.341 e. The molecular weight excluding hydrogens is 321 g/mol. The molecule has 1 aromatic carbocycles. The number of carbonyl (C=O) groups excluding carboxylic acids is 2. The fraction of sp³-hybridized carbons (Fsp3) is 0.467. The van der Waals surface area contributed by atoms with Crippen LogP contribution < -0.4 is 10.2 Å². The van der Waals surface area contributed by atoms with Crippen LogP contribution >= 0.6 is 0 Å². The van der Waals surface area contributed by atoms with Gasteiger partial charge in [0, 0.05) is 38.2 Å². The third-order valence-electron chi connectivity index (χ3n) is 4.12. The summed E-state index contributed by atoms with van der Waals surface area (Å²) in [6.07, 6.45) is 1.02. The van der Waals surface area contributed by atoms with Crippen molar-refractivity contribution in [1.29, 1.82) is 0 Å². The van der Waals surface area contributed by atoms with Gasteiger partial charge in [-0.2, -0.15) is 0 Å². The molecule has 0 spiro atoms. The monoisotopic (exact) mass is 339 g/mol. The van der Waals surface area contributed by atoms with Gasteiger partial charge >= 0.3 is 5.97 Å². The number of methoxy groups -OCH3 is 1. The highest BCUT2D eigenvalue weighted by molar-refractivity contribution is 5.91. The molecular formula is C15H18FN3O5. The topological polar surface area (TPSA) is 102 Å². The number of amides is 1. The summed E-state index contributed by atoms with van der Waals surface area (Å²) >= 11 is 0. The number of esters is 1. The van der Waals surface area contributed by atoms with Crippen LogP contribution in [0, 0.1) is 21.8 Å². The molecule has 2 rings (SSSR count). The fourth-order valence-electron chi connectivity index (χ4n) is 2.80. The zero-order chi connectivity index (χ0) is 17.9. The molecule has 1 fully saturated rings. The molecule has 0 atom stereocenters. The second kappa shape index (κ2) is 7.24. The molecule has 1 saturated heterocycles. The number of ether oxygens (including phenoxy) is 1. The van der Waals surface area contributed by atoms with E-state index in [1.165, 1.54) is 0 Å². The quantitative estimate of drug-likeness (QED) is 0.506. The van der Waals surface area contributed by atoms with Crippen LogP contribution in [0.2, 0.25) is 0 Å². The average Bonchev–Trinajstić information content (AvgIpc) is 2.60. The molecule has 8 nitrogen and oxygen atoms in total. The van der Waals surface area contributed by atoms with Gasteiger partial charge in [-0.1, -0.05) is 0 Å². The Labute approximate surface area is 137 Å². The Kier molecular flexibility index (Phi) is 5.32. The standard InChI is InChI=1S/C15H18FN3O5/c1-17-14(20)9-3-5-18(6-4-9)12-8-11(16)10(15(21)24-2)7-13(12)19(22)23/h7-9H,3-6H2,1-2H3,(H,17,20). The van der Waals surface area contributed by atoms with Gasteiger partial charge in [0.2, 0.25) is 5.91 Å². The van der Waals surface area contributed by atoms with E-state index < -0.39 is 22.3 Å². The molecule has 1 aliphatic rings. The van der Waals surface area contributed by atoms with Gasteiger partial charge < -0.3 is 15.0 Å². The first-order valence-corrected chi connectivity index (χ1v) is 7.41. The SMILES string of the molecule is CNC(=O)C1CCN(c2cc(F)c(C(=O)OC)cc2[N+](=O)[O-])CC1.